The second kappa shape index (κ2) is 11.1. The van der Waals surface area contributed by atoms with Gasteiger partial charge in [-0.15, -0.1) is 0 Å². The first-order chi connectivity index (χ1) is 15.0. The summed E-state index contributed by atoms with van der Waals surface area (Å²) in [5.74, 6) is 6.02. The molecule has 0 unspecified atom stereocenters. The van der Waals surface area contributed by atoms with Crippen LogP contribution in [0.3, 0.4) is 0 Å². The Morgan fingerprint density at radius 1 is 1.38 bits per heavy atom. The predicted octanol–water partition coefficient (Wildman–Crippen LogP) is 1.57. The number of hydrogen-bond acceptors (Lipinski definition) is 6. The van der Waals surface area contributed by atoms with Gasteiger partial charge in [-0.1, -0.05) is 32.6 Å². The fourth-order valence-electron chi connectivity index (χ4n) is 3.35. The molecule has 0 aromatic heterocycles. The number of carbonyl (C=O) groups is 1. The number of ether oxygens (including phenoxy) is 2. The SMILES string of the molecule is COCC(=O)N(C)C[C@H]1Oc2cc(C#CC(C)C)ccc2S(=O)(=O)N([C@H](C)CO)C[C@H]1C. The lowest BCUT2D eigenvalue weighted by molar-refractivity contribution is -0.135. The lowest BCUT2D eigenvalue weighted by Crippen LogP contribution is -2.50. The Kier molecular flexibility index (Phi) is 9.10. The lowest BCUT2D eigenvalue weighted by Gasteiger charge is -2.37. The average molecular weight is 467 g/mol. The second-order valence-electron chi connectivity index (χ2n) is 8.53. The van der Waals surface area contributed by atoms with Crippen LogP contribution in [0.2, 0.25) is 0 Å². The molecule has 1 aliphatic rings. The number of rotatable bonds is 6. The molecule has 1 aliphatic heterocycles. The van der Waals surface area contributed by atoms with E-state index in [1.807, 2.05) is 20.8 Å². The minimum absolute atomic E-state index is 0.0238. The van der Waals surface area contributed by atoms with Crippen molar-refractivity contribution in [2.45, 2.75) is 44.7 Å². The van der Waals surface area contributed by atoms with Crippen molar-refractivity contribution in [1.82, 2.24) is 9.21 Å². The highest BCUT2D eigenvalue weighted by atomic mass is 32.2. The van der Waals surface area contributed by atoms with Crippen LogP contribution in [0.25, 0.3) is 0 Å². The molecule has 0 fully saturated rings. The zero-order valence-electron chi connectivity index (χ0n) is 19.7. The smallest absolute Gasteiger partial charge is 0.248 e. The third kappa shape index (κ3) is 6.23. The Morgan fingerprint density at radius 3 is 2.66 bits per heavy atom. The van der Waals surface area contributed by atoms with Gasteiger partial charge >= 0.3 is 0 Å². The van der Waals surface area contributed by atoms with Gasteiger partial charge in [0.15, 0.2) is 0 Å². The molecule has 0 radical (unpaired) electrons. The van der Waals surface area contributed by atoms with Gasteiger partial charge in [0.1, 0.15) is 23.4 Å². The van der Waals surface area contributed by atoms with Crippen LogP contribution in [0.5, 0.6) is 5.75 Å². The van der Waals surface area contributed by atoms with Crippen molar-refractivity contribution < 1.29 is 27.8 Å². The summed E-state index contributed by atoms with van der Waals surface area (Å²) in [5.41, 5.74) is 0.644. The minimum Gasteiger partial charge on any atom is -0.487 e. The lowest BCUT2D eigenvalue weighted by atomic mass is 10.0. The maximum atomic E-state index is 13.4. The molecule has 9 heteroatoms. The molecule has 0 saturated heterocycles. The molecule has 8 nitrogen and oxygen atoms in total. The summed E-state index contributed by atoms with van der Waals surface area (Å²) in [6.07, 6.45) is -0.475. The maximum Gasteiger partial charge on any atom is 0.248 e. The first-order valence-electron chi connectivity index (χ1n) is 10.7. The quantitative estimate of drug-likeness (QED) is 0.640. The Bertz CT molecular complexity index is 966. The van der Waals surface area contributed by atoms with E-state index in [0.717, 1.165) is 0 Å². The van der Waals surface area contributed by atoms with E-state index in [0.29, 0.717) is 5.56 Å². The van der Waals surface area contributed by atoms with E-state index in [9.17, 15) is 18.3 Å². The van der Waals surface area contributed by atoms with Gasteiger partial charge in [0.25, 0.3) is 0 Å². The fourth-order valence-corrected chi connectivity index (χ4v) is 5.18. The number of aliphatic hydroxyl groups excluding tert-OH is 1. The standard InChI is InChI=1S/C23H34N2O6S/c1-16(2)7-8-19-9-10-22-20(11-19)31-21(13-24(5)23(27)15-30-6)17(3)12-25(18(4)14-26)32(22,28)29/h9-11,16-18,21,26H,12-15H2,1-6H3/t17-,18-,21-/m1/s1. The number of aliphatic hydroxyl groups is 1. The van der Waals surface area contributed by atoms with E-state index in [-0.39, 0.29) is 54.7 Å². The zero-order chi connectivity index (χ0) is 24.1. The topological polar surface area (TPSA) is 96.4 Å². The summed E-state index contributed by atoms with van der Waals surface area (Å²) in [6.45, 7) is 7.53. The van der Waals surface area contributed by atoms with Crippen LogP contribution in [0.1, 0.15) is 33.3 Å². The van der Waals surface area contributed by atoms with Gasteiger partial charge in [-0.05, 0) is 25.1 Å². The van der Waals surface area contributed by atoms with Crippen LogP contribution in [0, 0.1) is 23.7 Å². The summed E-state index contributed by atoms with van der Waals surface area (Å²) < 4.78 is 39.3. The number of amides is 1. The highest BCUT2D eigenvalue weighted by Gasteiger charge is 2.38. The van der Waals surface area contributed by atoms with E-state index >= 15 is 0 Å². The van der Waals surface area contributed by atoms with Gasteiger partial charge < -0.3 is 19.5 Å². The van der Waals surface area contributed by atoms with Crippen molar-refractivity contribution in [3.05, 3.63) is 23.8 Å². The highest BCUT2D eigenvalue weighted by Crippen LogP contribution is 2.34. The van der Waals surface area contributed by atoms with E-state index in [1.165, 1.54) is 22.4 Å². The molecule has 0 bridgehead atoms. The Labute approximate surface area is 191 Å². The Hall–Kier alpha value is -2.12. The molecule has 1 amide bonds. The molecule has 0 spiro atoms. The number of methoxy groups -OCH3 is 1. The molecule has 0 saturated carbocycles. The van der Waals surface area contributed by atoms with Gasteiger partial charge in [-0.2, -0.15) is 4.31 Å². The zero-order valence-corrected chi connectivity index (χ0v) is 20.5. The van der Waals surface area contributed by atoms with Crippen LogP contribution < -0.4 is 4.74 Å². The summed E-state index contributed by atoms with van der Waals surface area (Å²) in [6, 6.07) is 4.18. The highest BCUT2D eigenvalue weighted by molar-refractivity contribution is 7.89. The normalized spacial score (nSPS) is 21.4. The van der Waals surface area contributed by atoms with Crippen molar-refractivity contribution in [3.63, 3.8) is 0 Å². The second-order valence-corrected chi connectivity index (χ2v) is 10.4. The first kappa shape index (κ1) is 26.1. The predicted molar refractivity (Wildman–Crippen MR) is 122 cm³/mol. The largest absolute Gasteiger partial charge is 0.487 e. The van der Waals surface area contributed by atoms with Gasteiger partial charge in [0.2, 0.25) is 15.9 Å². The molecule has 3 atom stereocenters. The number of benzene rings is 1. The van der Waals surface area contributed by atoms with Crippen LogP contribution in [-0.2, 0) is 19.6 Å². The van der Waals surface area contributed by atoms with Gasteiger partial charge in [-0.3, -0.25) is 4.79 Å². The monoisotopic (exact) mass is 466 g/mol. The average Bonchev–Trinajstić information content (AvgIpc) is 2.74. The number of likely N-dealkylation sites (N-methyl/N-ethyl adjacent to an activating group) is 1. The molecule has 1 aromatic rings. The van der Waals surface area contributed by atoms with E-state index < -0.39 is 22.2 Å². The third-order valence-electron chi connectivity index (χ3n) is 5.32. The number of carbonyl (C=O) groups excluding carboxylic acids is 1. The Morgan fingerprint density at radius 2 is 2.06 bits per heavy atom. The number of nitrogens with zero attached hydrogens (tertiary/aromatic N) is 2. The Balaban J connectivity index is 2.55. The molecule has 2 rings (SSSR count). The van der Waals surface area contributed by atoms with E-state index in [2.05, 4.69) is 11.8 Å². The molecule has 0 aliphatic carbocycles. The van der Waals surface area contributed by atoms with Crippen LogP contribution in [0.15, 0.2) is 23.1 Å². The van der Waals surface area contributed by atoms with Gasteiger partial charge in [-0.25, -0.2) is 8.42 Å². The molecule has 178 valence electrons. The summed E-state index contributed by atoms with van der Waals surface area (Å²) in [5, 5.41) is 9.70. The third-order valence-corrected chi connectivity index (χ3v) is 7.34. The van der Waals surface area contributed by atoms with E-state index in [4.69, 9.17) is 9.47 Å². The molecule has 1 N–H and O–H groups in total. The van der Waals surface area contributed by atoms with Crippen molar-refractivity contribution in [2.24, 2.45) is 11.8 Å². The molecular formula is C23H34N2O6S. The molecule has 1 aromatic carbocycles. The molecule has 32 heavy (non-hydrogen) atoms. The summed E-state index contributed by atoms with van der Waals surface area (Å²) in [7, 11) is -0.799. The molecular weight excluding hydrogens is 432 g/mol. The maximum absolute atomic E-state index is 13.4. The van der Waals surface area contributed by atoms with Crippen LogP contribution >= 0.6 is 0 Å². The van der Waals surface area contributed by atoms with E-state index in [1.54, 1.807) is 26.1 Å². The summed E-state index contributed by atoms with van der Waals surface area (Å²) in [4.78, 5) is 13.8. The van der Waals surface area contributed by atoms with Gasteiger partial charge in [0, 0.05) is 44.1 Å². The molecule has 1 heterocycles. The van der Waals surface area contributed by atoms with Crippen LogP contribution in [0.4, 0.5) is 0 Å². The van der Waals surface area contributed by atoms with Crippen molar-refractivity contribution in [2.75, 3.05) is 40.5 Å². The van der Waals surface area contributed by atoms with Crippen LogP contribution in [-0.4, -0.2) is 81.2 Å². The first-order valence-corrected chi connectivity index (χ1v) is 12.1. The van der Waals surface area contributed by atoms with Gasteiger partial charge in [0.05, 0.1) is 13.2 Å². The van der Waals surface area contributed by atoms with Crippen molar-refractivity contribution >= 4 is 15.9 Å². The number of sulfonamides is 1. The minimum atomic E-state index is -3.91. The fraction of sp³-hybridized carbons (Fsp3) is 0.609. The van der Waals surface area contributed by atoms with Crippen molar-refractivity contribution in [3.8, 4) is 17.6 Å². The van der Waals surface area contributed by atoms with Crippen molar-refractivity contribution in [1.29, 1.82) is 0 Å². The number of hydrogen-bond donors (Lipinski definition) is 1. The summed E-state index contributed by atoms with van der Waals surface area (Å²) >= 11 is 0. The number of fused-ring (bicyclic) bond motifs is 1.